The van der Waals surface area contributed by atoms with Gasteiger partial charge >= 0.3 is 0 Å². The summed E-state index contributed by atoms with van der Waals surface area (Å²) in [5, 5.41) is 5.31. The Bertz CT molecular complexity index is 811. The van der Waals surface area contributed by atoms with Crippen LogP contribution in [0.15, 0.2) is 41.1 Å². The lowest BCUT2D eigenvalue weighted by Crippen LogP contribution is -2.37. The van der Waals surface area contributed by atoms with Crippen LogP contribution in [0.1, 0.15) is 19.8 Å². The van der Waals surface area contributed by atoms with Gasteiger partial charge in [0.25, 0.3) is 0 Å². The van der Waals surface area contributed by atoms with E-state index in [9.17, 15) is 0 Å². The van der Waals surface area contributed by atoms with E-state index in [4.69, 9.17) is 14.7 Å². The zero-order valence-corrected chi connectivity index (χ0v) is 14.6. The highest BCUT2D eigenvalue weighted by Crippen LogP contribution is 2.30. The van der Waals surface area contributed by atoms with Crippen LogP contribution in [0.4, 0.5) is 5.82 Å². The second kappa shape index (κ2) is 6.87. The van der Waals surface area contributed by atoms with E-state index in [1.165, 1.54) is 0 Å². The standard InChI is InChI=1S/C19H21N3OS/c1-2-23-15-7-10-22(11-8-15)19-16-5-3-4-6-17(16)20-18(21-19)14-9-12-24-13-14/h3-6,9,12-13,15H,2,7-8,10-11H2,1H3. The summed E-state index contributed by atoms with van der Waals surface area (Å²) >= 11 is 1.68. The third kappa shape index (κ3) is 3.01. The van der Waals surface area contributed by atoms with Crippen LogP contribution in [0.3, 0.4) is 0 Å². The topological polar surface area (TPSA) is 38.2 Å². The number of ether oxygens (including phenoxy) is 1. The summed E-state index contributed by atoms with van der Waals surface area (Å²) < 4.78 is 5.78. The Balaban J connectivity index is 1.71. The molecule has 0 unspecified atom stereocenters. The first kappa shape index (κ1) is 15.5. The van der Waals surface area contributed by atoms with Crippen molar-refractivity contribution >= 4 is 28.1 Å². The van der Waals surface area contributed by atoms with Crippen LogP contribution in [0.25, 0.3) is 22.3 Å². The first-order chi connectivity index (χ1) is 11.8. The maximum atomic E-state index is 5.78. The Labute approximate surface area is 146 Å². The number of aromatic nitrogens is 2. The largest absolute Gasteiger partial charge is 0.378 e. The fourth-order valence-corrected chi connectivity index (χ4v) is 3.93. The van der Waals surface area contributed by atoms with Crippen molar-refractivity contribution in [3.05, 3.63) is 41.1 Å². The monoisotopic (exact) mass is 339 g/mol. The number of hydrogen-bond acceptors (Lipinski definition) is 5. The molecule has 0 radical (unpaired) electrons. The highest BCUT2D eigenvalue weighted by Gasteiger charge is 2.22. The van der Waals surface area contributed by atoms with Crippen molar-refractivity contribution in [2.75, 3.05) is 24.6 Å². The number of para-hydroxylation sites is 1. The average Bonchev–Trinajstić information content (AvgIpc) is 3.16. The van der Waals surface area contributed by atoms with Gasteiger partial charge in [0.15, 0.2) is 5.82 Å². The average molecular weight is 339 g/mol. The predicted octanol–water partition coefficient (Wildman–Crippen LogP) is 4.36. The Morgan fingerprint density at radius 1 is 1.17 bits per heavy atom. The number of piperidine rings is 1. The van der Waals surface area contributed by atoms with Crippen molar-refractivity contribution < 1.29 is 4.74 Å². The molecule has 1 aliphatic heterocycles. The summed E-state index contributed by atoms with van der Waals surface area (Å²) in [6.45, 7) is 4.82. The zero-order chi connectivity index (χ0) is 16.4. The van der Waals surface area contributed by atoms with Crippen LogP contribution in [0.2, 0.25) is 0 Å². The fourth-order valence-electron chi connectivity index (χ4n) is 3.29. The smallest absolute Gasteiger partial charge is 0.162 e. The summed E-state index contributed by atoms with van der Waals surface area (Å²) in [4.78, 5) is 12.1. The molecule has 3 aromatic rings. The molecule has 1 aliphatic rings. The third-order valence-corrected chi connectivity index (χ3v) is 5.19. The molecule has 0 saturated carbocycles. The molecule has 0 N–H and O–H groups in total. The number of benzene rings is 1. The van der Waals surface area contributed by atoms with E-state index >= 15 is 0 Å². The molecular formula is C19H21N3OS. The first-order valence-corrected chi connectivity index (χ1v) is 9.45. The maximum absolute atomic E-state index is 5.78. The van der Waals surface area contributed by atoms with Gasteiger partial charge in [-0.1, -0.05) is 12.1 Å². The summed E-state index contributed by atoms with van der Waals surface area (Å²) in [6, 6.07) is 10.4. The molecule has 0 spiro atoms. The van der Waals surface area contributed by atoms with Crippen molar-refractivity contribution in [1.29, 1.82) is 0 Å². The molecule has 0 bridgehead atoms. The Morgan fingerprint density at radius 2 is 2.00 bits per heavy atom. The highest BCUT2D eigenvalue weighted by molar-refractivity contribution is 7.08. The number of thiophene rings is 1. The van der Waals surface area contributed by atoms with E-state index in [2.05, 4.69) is 46.8 Å². The Kier molecular flexibility index (Phi) is 4.45. The lowest BCUT2D eigenvalue weighted by Gasteiger charge is -2.33. The van der Waals surface area contributed by atoms with Gasteiger partial charge in [-0.2, -0.15) is 11.3 Å². The van der Waals surface area contributed by atoms with E-state index in [0.717, 1.165) is 60.6 Å². The molecule has 0 aliphatic carbocycles. The SMILES string of the molecule is CCOC1CCN(c2nc(-c3ccsc3)nc3ccccc23)CC1. The minimum Gasteiger partial charge on any atom is -0.378 e. The Morgan fingerprint density at radius 3 is 2.75 bits per heavy atom. The van der Waals surface area contributed by atoms with Gasteiger partial charge in [-0.15, -0.1) is 0 Å². The maximum Gasteiger partial charge on any atom is 0.162 e. The van der Waals surface area contributed by atoms with Crippen molar-refractivity contribution in [3.8, 4) is 11.4 Å². The van der Waals surface area contributed by atoms with Gasteiger partial charge < -0.3 is 9.64 Å². The number of nitrogens with zero attached hydrogens (tertiary/aromatic N) is 3. The summed E-state index contributed by atoms with van der Waals surface area (Å²) in [5.41, 5.74) is 2.10. The molecule has 24 heavy (non-hydrogen) atoms. The zero-order valence-electron chi connectivity index (χ0n) is 13.8. The lowest BCUT2D eigenvalue weighted by molar-refractivity contribution is 0.0459. The van der Waals surface area contributed by atoms with E-state index in [1.807, 2.05) is 6.07 Å². The molecule has 1 saturated heterocycles. The van der Waals surface area contributed by atoms with E-state index in [1.54, 1.807) is 11.3 Å². The first-order valence-electron chi connectivity index (χ1n) is 8.51. The molecule has 1 fully saturated rings. The molecule has 2 aromatic heterocycles. The third-order valence-electron chi connectivity index (χ3n) is 4.51. The van der Waals surface area contributed by atoms with Crippen molar-refractivity contribution in [1.82, 2.24) is 9.97 Å². The molecule has 3 heterocycles. The van der Waals surface area contributed by atoms with Gasteiger partial charge in [-0.05, 0) is 43.3 Å². The van der Waals surface area contributed by atoms with Crippen LogP contribution in [0, 0.1) is 0 Å². The molecule has 5 heteroatoms. The molecule has 1 aromatic carbocycles. The normalized spacial score (nSPS) is 16.0. The van der Waals surface area contributed by atoms with Crippen LogP contribution in [-0.4, -0.2) is 35.8 Å². The van der Waals surface area contributed by atoms with Gasteiger partial charge in [-0.25, -0.2) is 9.97 Å². The minimum atomic E-state index is 0.385. The van der Waals surface area contributed by atoms with Crippen LogP contribution < -0.4 is 4.90 Å². The number of fused-ring (bicyclic) bond motifs is 1. The fraction of sp³-hybridized carbons (Fsp3) is 0.368. The Hall–Kier alpha value is -1.98. The molecule has 4 rings (SSSR count). The number of hydrogen-bond donors (Lipinski definition) is 0. The predicted molar refractivity (Wildman–Crippen MR) is 99.7 cm³/mol. The van der Waals surface area contributed by atoms with Crippen molar-refractivity contribution in [2.45, 2.75) is 25.9 Å². The molecular weight excluding hydrogens is 318 g/mol. The lowest BCUT2D eigenvalue weighted by atomic mass is 10.1. The molecule has 124 valence electrons. The van der Waals surface area contributed by atoms with Crippen molar-refractivity contribution in [2.24, 2.45) is 0 Å². The van der Waals surface area contributed by atoms with Crippen molar-refractivity contribution in [3.63, 3.8) is 0 Å². The van der Waals surface area contributed by atoms with Gasteiger partial charge in [-0.3, -0.25) is 0 Å². The van der Waals surface area contributed by atoms with Gasteiger partial charge in [0.2, 0.25) is 0 Å². The second-order valence-electron chi connectivity index (χ2n) is 6.04. The van der Waals surface area contributed by atoms with E-state index in [-0.39, 0.29) is 0 Å². The molecule has 0 amide bonds. The van der Waals surface area contributed by atoms with E-state index < -0.39 is 0 Å². The van der Waals surface area contributed by atoms with Gasteiger partial charge in [0.05, 0.1) is 11.6 Å². The van der Waals surface area contributed by atoms with E-state index in [0.29, 0.717) is 6.10 Å². The number of anilines is 1. The van der Waals surface area contributed by atoms with Gasteiger partial charge in [0.1, 0.15) is 5.82 Å². The molecule has 0 atom stereocenters. The summed E-state index contributed by atoms with van der Waals surface area (Å²) in [7, 11) is 0. The van der Waals surface area contributed by atoms with Crippen LogP contribution >= 0.6 is 11.3 Å². The number of rotatable bonds is 4. The summed E-state index contributed by atoms with van der Waals surface area (Å²) in [6.07, 6.45) is 2.50. The quantitative estimate of drug-likeness (QED) is 0.708. The minimum absolute atomic E-state index is 0.385. The van der Waals surface area contributed by atoms with Crippen LogP contribution in [-0.2, 0) is 4.74 Å². The molecule has 4 nitrogen and oxygen atoms in total. The summed E-state index contributed by atoms with van der Waals surface area (Å²) in [5.74, 6) is 1.87. The van der Waals surface area contributed by atoms with Gasteiger partial charge in [0, 0.05) is 36.0 Å². The second-order valence-corrected chi connectivity index (χ2v) is 6.82. The highest BCUT2D eigenvalue weighted by atomic mass is 32.1. The van der Waals surface area contributed by atoms with Crippen LogP contribution in [0.5, 0.6) is 0 Å².